The van der Waals surface area contributed by atoms with Gasteiger partial charge in [-0.2, -0.15) is 0 Å². The summed E-state index contributed by atoms with van der Waals surface area (Å²) in [7, 11) is 0. The summed E-state index contributed by atoms with van der Waals surface area (Å²) in [5, 5.41) is 12.3. The lowest BCUT2D eigenvalue weighted by molar-refractivity contribution is 0.203. The number of aliphatic hydroxyl groups is 1. The molecule has 3 atom stereocenters. The summed E-state index contributed by atoms with van der Waals surface area (Å²) in [6.07, 6.45) is 3.83. The molecule has 0 aromatic carbocycles. The van der Waals surface area contributed by atoms with Gasteiger partial charge in [-0.1, -0.05) is 0 Å². The van der Waals surface area contributed by atoms with Crippen molar-refractivity contribution in [3.05, 3.63) is 0 Å². The summed E-state index contributed by atoms with van der Waals surface area (Å²) in [5.41, 5.74) is 0. The van der Waals surface area contributed by atoms with Gasteiger partial charge in [-0.05, 0) is 25.2 Å². The van der Waals surface area contributed by atoms with Crippen molar-refractivity contribution in [2.75, 3.05) is 6.61 Å². The van der Waals surface area contributed by atoms with Crippen molar-refractivity contribution in [1.29, 1.82) is 0 Å². The fraction of sp³-hybridized carbons (Fsp3) is 1.00. The molecule has 2 aliphatic rings. The molecule has 2 saturated heterocycles. The minimum Gasteiger partial charge on any atom is -0.396 e. The lowest BCUT2D eigenvalue weighted by Crippen LogP contribution is -2.24. The molecule has 2 nitrogen and oxygen atoms in total. The van der Waals surface area contributed by atoms with E-state index in [9.17, 15) is 0 Å². The normalized spacial score (nSPS) is 43.5. The zero-order chi connectivity index (χ0) is 6.27. The van der Waals surface area contributed by atoms with Crippen LogP contribution in [-0.4, -0.2) is 23.8 Å². The highest BCUT2D eigenvalue weighted by atomic mass is 35.5. The van der Waals surface area contributed by atoms with Gasteiger partial charge in [0, 0.05) is 18.7 Å². The van der Waals surface area contributed by atoms with Gasteiger partial charge in [0.2, 0.25) is 0 Å². The van der Waals surface area contributed by atoms with Crippen LogP contribution in [-0.2, 0) is 0 Å². The highest BCUT2D eigenvalue weighted by Gasteiger charge is 2.38. The second-order valence-electron chi connectivity index (χ2n) is 3.23. The number of aliphatic hydroxyl groups excluding tert-OH is 1. The fourth-order valence-corrected chi connectivity index (χ4v) is 2.14. The first kappa shape index (κ1) is 8.31. The van der Waals surface area contributed by atoms with Gasteiger partial charge in [0.05, 0.1) is 0 Å². The van der Waals surface area contributed by atoms with Crippen molar-refractivity contribution in [3.8, 4) is 0 Å². The van der Waals surface area contributed by atoms with Gasteiger partial charge in [0.15, 0.2) is 0 Å². The minimum atomic E-state index is 0. The van der Waals surface area contributed by atoms with E-state index in [1.54, 1.807) is 0 Å². The zero-order valence-corrected chi connectivity index (χ0v) is 6.73. The van der Waals surface area contributed by atoms with E-state index < -0.39 is 0 Å². The van der Waals surface area contributed by atoms with Gasteiger partial charge in [-0.15, -0.1) is 12.4 Å². The number of hydrogen-bond donors (Lipinski definition) is 2. The van der Waals surface area contributed by atoms with Gasteiger partial charge in [-0.3, -0.25) is 0 Å². The molecular formula is C7H14ClNO. The van der Waals surface area contributed by atoms with E-state index in [-0.39, 0.29) is 12.4 Å². The Morgan fingerprint density at radius 2 is 2.20 bits per heavy atom. The quantitative estimate of drug-likeness (QED) is 0.592. The average Bonchev–Trinajstić information content (AvgIpc) is 2.45. The molecule has 2 N–H and O–H groups in total. The average molecular weight is 164 g/mol. The molecular weight excluding hydrogens is 150 g/mol. The highest BCUT2D eigenvalue weighted by molar-refractivity contribution is 5.85. The van der Waals surface area contributed by atoms with Crippen LogP contribution in [0.15, 0.2) is 0 Å². The maximum Gasteiger partial charge on any atom is 0.0474 e. The molecule has 2 aliphatic heterocycles. The van der Waals surface area contributed by atoms with Crippen LogP contribution in [0, 0.1) is 5.92 Å². The molecule has 0 radical (unpaired) electrons. The van der Waals surface area contributed by atoms with Crippen LogP contribution in [0.25, 0.3) is 0 Å². The van der Waals surface area contributed by atoms with E-state index in [2.05, 4.69) is 5.32 Å². The van der Waals surface area contributed by atoms with Gasteiger partial charge in [0.25, 0.3) is 0 Å². The Kier molecular flexibility index (Phi) is 2.55. The van der Waals surface area contributed by atoms with Gasteiger partial charge >= 0.3 is 0 Å². The molecule has 2 bridgehead atoms. The summed E-state index contributed by atoms with van der Waals surface area (Å²) in [6.45, 7) is 0.383. The Balaban J connectivity index is 0.000000500. The molecule has 0 amide bonds. The molecule has 0 aliphatic carbocycles. The molecule has 10 heavy (non-hydrogen) atoms. The van der Waals surface area contributed by atoms with E-state index in [0.29, 0.717) is 18.6 Å². The summed E-state index contributed by atoms with van der Waals surface area (Å²) < 4.78 is 0. The van der Waals surface area contributed by atoms with Gasteiger partial charge < -0.3 is 10.4 Å². The van der Waals surface area contributed by atoms with Crippen LogP contribution in [0.3, 0.4) is 0 Å². The summed E-state index contributed by atoms with van der Waals surface area (Å²) in [6, 6.07) is 1.40. The topological polar surface area (TPSA) is 32.3 Å². The summed E-state index contributed by atoms with van der Waals surface area (Å²) in [5.74, 6) is 0.573. The van der Waals surface area contributed by atoms with E-state index in [1.165, 1.54) is 19.3 Å². The van der Waals surface area contributed by atoms with Crippen LogP contribution in [0.2, 0.25) is 0 Å². The third-order valence-corrected chi connectivity index (χ3v) is 2.67. The van der Waals surface area contributed by atoms with Gasteiger partial charge in [-0.25, -0.2) is 0 Å². The minimum absolute atomic E-state index is 0. The second kappa shape index (κ2) is 3.07. The zero-order valence-electron chi connectivity index (χ0n) is 5.92. The Morgan fingerprint density at radius 3 is 2.50 bits per heavy atom. The molecule has 0 aromatic rings. The van der Waals surface area contributed by atoms with Crippen molar-refractivity contribution in [2.24, 2.45) is 5.92 Å². The number of fused-ring (bicyclic) bond motifs is 2. The number of hydrogen-bond acceptors (Lipinski definition) is 2. The molecule has 0 spiro atoms. The largest absolute Gasteiger partial charge is 0.396 e. The lowest BCUT2D eigenvalue weighted by Gasteiger charge is -2.16. The van der Waals surface area contributed by atoms with Crippen molar-refractivity contribution >= 4 is 12.4 Å². The fourth-order valence-electron chi connectivity index (χ4n) is 2.14. The monoisotopic (exact) mass is 163 g/mol. The third-order valence-electron chi connectivity index (χ3n) is 2.67. The molecule has 3 unspecified atom stereocenters. The van der Waals surface area contributed by atoms with Crippen LogP contribution in [0.5, 0.6) is 0 Å². The Morgan fingerprint density at radius 1 is 1.40 bits per heavy atom. The maximum absolute atomic E-state index is 8.85. The first-order valence-corrected chi connectivity index (χ1v) is 3.77. The highest BCUT2D eigenvalue weighted by Crippen LogP contribution is 2.32. The number of halogens is 1. The van der Waals surface area contributed by atoms with Gasteiger partial charge in [0.1, 0.15) is 0 Å². The van der Waals surface area contributed by atoms with Crippen LogP contribution in [0.4, 0.5) is 0 Å². The predicted octanol–water partition coefficient (Wildman–Crippen LogP) is 0.541. The maximum atomic E-state index is 8.85. The Labute approximate surface area is 67.4 Å². The van der Waals surface area contributed by atoms with E-state index >= 15 is 0 Å². The van der Waals surface area contributed by atoms with Crippen LogP contribution in [0.1, 0.15) is 19.3 Å². The predicted molar refractivity (Wildman–Crippen MR) is 42.4 cm³/mol. The van der Waals surface area contributed by atoms with Crippen molar-refractivity contribution in [2.45, 2.75) is 31.3 Å². The Bertz CT molecular complexity index is 120. The van der Waals surface area contributed by atoms with E-state index in [1.807, 2.05) is 0 Å². The molecule has 2 heterocycles. The summed E-state index contributed by atoms with van der Waals surface area (Å²) in [4.78, 5) is 0. The van der Waals surface area contributed by atoms with Crippen molar-refractivity contribution < 1.29 is 5.11 Å². The smallest absolute Gasteiger partial charge is 0.0474 e. The molecule has 2 fully saturated rings. The van der Waals surface area contributed by atoms with Crippen molar-refractivity contribution in [3.63, 3.8) is 0 Å². The first-order chi connectivity index (χ1) is 4.40. The second-order valence-corrected chi connectivity index (χ2v) is 3.23. The standard InChI is InChI=1S/C7H13NO.ClH/c9-4-5-3-6-1-2-7(5)8-6;/h5-9H,1-4H2;1H. The number of nitrogens with one attached hydrogen (secondary N) is 1. The molecule has 60 valence electrons. The number of rotatable bonds is 1. The van der Waals surface area contributed by atoms with E-state index in [0.717, 1.165) is 6.04 Å². The SMILES string of the molecule is Cl.OCC1CC2CCC1N2. The van der Waals surface area contributed by atoms with Crippen LogP contribution >= 0.6 is 12.4 Å². The third kappa shape index (κ3) is 1.16. The summed E-state index contributed by atoms with van der Waals surface area (Å²) >= 11 is 0. The van der Waals surface area contributed by atoms with Crippen LogP contribution < -0.4 is 5.32 Å². The van der Waals surface area contributed by atoms with Crippen molar-refractivity contribution in [1.82, 2.24) is 5.32 Å². The molecule has 3 heteroatoms. The Hall–Kier alpha value is 0.210. The lowest BCUT2D eigenvalue weighted by atomic mass is 9.90. The molecule has 2 rings (SSSR count). The molecule has 0 saturated carbocycles. The first-order valence-electron chi connectivity index (χ1n) is 3.77. The molecule has 0 aromatic heterocycles. The van der Waals surface area contributed by atoms with E-state index in [4.69, 9.17) is 5.11 Å².